The van der Waals surface area contributed by atoms with Crippen LogP contribution in [0.3, 0.4) is 0 Å². The highest BCUT2D eigenvalue weighted by atomic mass is 16.2. The van der Waals surface area contributed by atoms with Crippen molar-refractivity contribution >= 4 is 11.8 Å². The Kier molecular flexibility index (Phi) is 6.45. The van der Waals surface area contributed by atoms with Crippen LogP contribution in [0.15, 0.2) is 0 Å². The number of nitrogens with zero attached hydrogens (tertiary/aromatic N) is 2. The van der Waals surface area contributed by atoms with Gasteiger partial charge in [0.05, 0.1) is 6.04 Å². The molecule has 2 rings (SSSR count). The van der Waals surface area contributed by atoms with E-state index in [2.05, 4.69) is 19.2 Å². The normalized spacial score (nSPS) is 27.8. The summed E-state index contributed by atoms with van der Waals surface area (Å²) >= 11 is 0. The third-order valence-electron chi connectivity index (χ3n) is 5.63. The van der Waals surface area contributed by atoms with Gasteiger partial charge in [-0.2, -0.15) is 0 Å². The molecular formula is C18H33N3O2. The fraction of sp³-hybridized carbons (Fsp3) is 0.889. The standard InChI is InChI=1S/C18H33N3O2/c1-5-16-12-21(15(4)22)11-8-17(16)19-14(3)18(23)20-9-6-13(2)7-10-20/h13-14,16-17,19H,5-12H2,1-4H3. The van der Waals surface area contributed by atoms with Crippen LogP contribution in [0, 0.1) is 11.8 Å². The van der Waals surface area contributed by atoms with Crippen molar-refractivity contribution < 1.29 is 9.59 Å². The zero-order valence-corrected chi connectivity index (χ0v) is 15.2. The molecule has 2 heterocycles. The van der Waals surface area contributed by atoms with Crippen LogP contribution in [-0.4, -0.2) is 59.9 Å². The number of hydrogen-bond donors (Lipinski definition) is 1. The fourth-order valence-electron chi connectivity index (χ4n) is 3.85. The van der Waals surface area contributed by atoms with Gasteiger partial charge in [-0.15, -0.1) is 0 Å². The molecule has 2 fully saturated rings. The van der Waals surface area contributed by atoms with Gasteiger partial charge in [0.15, 0.2) is 0 Å². The zero-order chi connectivity index (χ0) is 17.0. The number of hydrogen-bond acceptors (Lipinski definition) is 3. The molecule has 0 aromatic heterocycles. The summed E-state index contributed by atoms with van der Waals surface area (Å²) in [6.45, 7) is 11.5. The molecule has 0 radical (unpaired) electrons. The summed E-state index contributed by atoms with van der Waals surface area (Å²) in [4.78, 5) is 28.2. The molecule has 5 heteroatoms. The van der Waals surface area contributed by atoms with Gasteiger partial charge in [0.2, 0.25) is 11.8 Å². The predicted octanol–water partition coefficient (Wildman–Crippen LogP) is 1.87. The molecule has 1 N–H and O–H groups in total. The van der Waals surface area contributed by atoms with Crippen LogP contribution in [0.1, 0.15) is 53.4 Å². The van der Waals surface area contributed by atoms with Crippen molar-refractivity contribution in [3.63, 3.8) is 0 Å². The summed E-state index contributed by atoms with van der Waals surface area (Å²) in [5.41, 5.74) is 0. The molecule has 5 nitrogen and oxygen atoms in total. The van der Waals surface area contributed by atoms with Crippen molar-refractivity contribution in [1.82, 2.24) is 15.1 Å². The van der Waals surface area contributed by atoms with Gasteiger partial charge in [0.25, 0.3) is 0 Å². The second kappa shape index (κ2) is 8.13. The summed E-state index contributed by atoms with van der Waals surface area (Å²) in [6, 6.07) is 0.199. The van der Waals surface area contributed by atoms with Crippen molar-refractivity contribution in [3.8, 4) is 0 Å². The molecule has 0 spiro atoms. The first-order valence-corrected chi connectivity index (χ1v) is 9.22. The van der Waals surface area contributed by atoms with Crippen LogP contribution in [0.5, 0.6) is 0 Å². The molecule has 23 heavy (non-hydrogen) atoms. The van der Waals surface area contributed by atoms with Gasteiger partial charge >= 0.3 is 0 Å². The Bertz CT molecular complexity index is 418. The molecule has 0 aliphatic carbocycles. The second-order valence-electron chi connectivity index (χ2n) is 7.42. The molecule has 2 aliphatic rings. The van der Waals surface area contributed by atoms with Gasteiger partial charge in [-0.25, -0.2) is 0 Å². The lowest BCUT2D eigenvalue weighted by Gasteiger charge is -2.40. The highest BCUT2D eigenvalue weighted by molar-refractivity contribution is 5.81. The summed E-state index contributed by atoms with van der Waals surface area (Å²) < 4.78 is 0. The fourth-order valence-corrected chi connectivity index (χ4v) is 3.85. The SMILES string of the molecule is CCC1CN(C(C)=O)CCC1NC(C)C(=O)N1CCC(C)CC1. The van der Waals surface area contributed by atoms with Gasteiger partial charge in [0, 0.05) is 39.1 Å². The Morgan fingerprint density at radius 3 is 2.30 bits per heavy atom. The van der Waals surface area contributed by atoms with E-state index in [9.17, 15) is 9.59 Å². The number of likely N-dealkylation sites (tertiary alicyclic amines) is 2. The molecule has 2 aliphatic heterocycles. The third-order valence-corrected chi connectivity index (χ3v) is 5.63. The van der Waals surface area contributed by atoms with Crippen LogP contribution in [0.25, 0.3) is 0 Å². The van der Waals surface area contributed by atoms with E-state index in [1.807, 2.05) is 16.7 Å². The number of rotatable bonds is 4. The molecule has 0 aromatic rings. The highest BCUT2D eigenvalue weighted by Gasteiger charge is 2.32. The number of amides is 2. The molecular weight excluding hydrogens is 290 g/mol. The Hall–Kier alpha value is -1.10. The van der Waals surface area contributed by atoms with Crippen LogP contribution in [0.4, 0.5) is 0 Å². The van der Waals surface area contributed by atoms with Gasteiger partial charge < -0.3 is 15.1 Å². The molecule has 132 valence electrons. The van der Waals surface area contributed by atoms with Gasteiger partial charge in [-0.05, 0) is 38.0 Å². The summed E-state index contributed by atoms with van der Waals surface area (Å²) in [5, 5.41) is 3.56. The molecule has 0 bridgehead atoms. The van der Waals surface area contributed by atoms with Crippen molar-refractivity contribution in [3.05, 3.63) is 0 Å². The lowest BCUT2D eigenvalue weighted by atomic mass is 9.89. The van der Waals surface area contributed by atoms with E-state index >= 15 is 0 Å². The highest BCUT2D eigenvalue weighted by Crippen LogP contribution is 2.22. The van der Waals surface area contributed by atoms with E-state index in [0.717, 1.165) is 57.8 Å². The van der Waals surface area contributed by atoms with Crippen molar-refractivity contribution in [2.24, 2.45) is 11.8 Å². The predicted molar refractivity (Wildman–Crippen MR) is 92.0 cm³/mol. The number of nitrogens with one attached hydrogen (secondary N) is 1. The van der Waals surface area contributed by atoms with Crippen LogP contribution in [0.2, 0.25) is 0 Å². The maximum atomic E-state index is 12.6. The number of piperidine rings is 2. The minimum Gasteiger partial charge on any atom is -0.343 e. The molecule has 3 unspecified atom stereocenters. The summed E-state index contributed by atoms with van der Waals surface area (Å²) in [6.07, 6.45) is 4.20. The maximum absolute atomic E-state index is 12.6. The quantitative estimate of drug-likeness (QED) is 0.859. The summed E-state index contributed by atoms with van der Waals surface area (Å²) in [5.74, 6) is 1.57. The monoisotopic (exact) mass is 323 g/mol. The average Bonchev–Trinajstić information content (AvgIpc) is 2.55. The van der Waals surface area contributed by atoms with Crippen molar-refractivity contribution in [2.45, 2.75) is 65.5 Å². The molecule has 0 aromatic carbocycles. The van der Waals surface area contributed by atoms with Gasteiger partial charge in [0.1, 0.15) is 0 Å². The summed E-state index contributed by atoms with van der Waals surface area (Å²) in [7, 11) is 0. The van der Waals surface area contributed by atoms with E-state index in [0.29, 0.717) is 12.0 Å². The minimum atomic E-state index is -0.133. The third kappa shape index (κ3) is 4.69. The largest absolute Gasteiger partial charge is 0.343 e. The van der Waals surface area contributed by atoms with E-state index in [1.165, 1.54) is 0 Å². The molecule has 2 saturated heterocycles. The second-order valence-corrected chi connectivity index (χ2v) is 7.42. The Morgan fingerprint density at radius 2 is 1.74 bits per heavy atom. The number of carbonyl (C=O) groups excluding carboxylic acids is 2. The van der Waals surface area contributed by atoms with Crippen LogP contribution in [-0.2, 0) is 9.59 Å². The van der Waals surface area contributed by atoms with Gasteiger partial charge in [-0.3, -0.25) is 9.59 Å². The Morgan fingerprint density at radius 1 is 1.13 bits per heavy atom. The number of carbonyl (C=O) groups is 2. The lowest BCUT2D eigenvalue weighted by Crippen LogP contribution is -2.56. The first-order chi connectivity index (χ1) is 10.9. The van der Waals surface area contributed by atoms with Gasteiger partial charge in [-0.1, -0.05) is 20.3 Å². The Labute approximate surface area is 140 Å². The van der Waals surface area contributed by atoms with E-state index in [4.69, 9.17) is 0 Å². The van der Waals surface area contributed by atoms with Crippen molar-refractivity contribution in [1.29, 1.82) is 0 Å². The van der Waals surface area contributed by atoms with E-state index < -0.39 is 0 Å². The molecule has 2 amide bonds. The average molecular weight is 323 g/mol. The molecule has 0 saturated carbocycles. The van der Waals surface area contributed by atoms with Crippen LogP contribution < -0.4 is 5.32 Å². The van der Waals surface area contributed by atoms with E-state index in [-0.39, 0.29) is 17.9 Å². The first kappa shape index (κ1) is 18.2. The van der Waals surface area contributed by atoms with E-state index in [1.54, 1.807) is 6.92 Å². The molecule has 3 atom stereocenters. The van der Waals surface area contributed by atoms with Crippen molar-refractivity contribution in [2.75, 3.05) is 26.2 Å². The smallest absolute Gasteiger partial charge is 0.239 e. The topological polar surface area (TPSA) is 52.7 Å². The zero-order valence-electron chi connectivity index (χ0n) is 15.2. The first-order valence-electron chi connectivity index (χ1n) is 9.22. The maximum Gasteiger partial charge on any atom is 0.239 e. The minimum absolute atomic E-state index is 0.133. The Balaban J connectivity index is 1.87. The lowest BCUT2D eigenvalue weighted by molar-refractivity contribution is -0.135. The van der Waals surface area contributed by atoms with Crippen LogP contribution >= 0.6 is 0 Å².